The fraction of sp³-hybridized carbons (Fsp3) is 1.00. The van der Waals surface area contributed by atoms with Gasteiger partial charge in [0.1, 0.15) is 0 Å². The summed E-state index contributed by atoms with van der Waals surface area (Å²) in [7, 11) is 0.270. The van der Waals surface area contributed by atoms with E-state index < -0.39 is 45.6 Å². The molecule has 0 aromatic carbocycles. The van der Waals surface area contributed by atoms with Gasteiger partial charge >= 0.3 is 7.82 Å². The van der Waals surface area contributed by atoms with E-state index in [0.717, 1.165) is 0 Å². The van der Waals surface area contributed by atoms with Crippen LogP contribution in [0.15, 0.2) is 0 Å². The lowest BCUT2D eigenvalue weighted by atomic mass is 10.7. The van der Waals surface area contributed by atoms with Crippen molar-refractivity contribution in [2.45, 2.75) is 79.3 Å². The number of phosphoric acid groups is 1. The smallest absolute Gasteiger partial charge is 0.356 e. The van der Waals surface area contributed by atoms with Crippen LogP contribution in [0, 0.1) is 0 Å². The van der Waals surface area contributed by atoms with Gasteiger partial charge < -0.3 is 28.4 Å². The van der Waals surface area contributed by atoms with Crippen LogP contribution in [0.1, 0.15) is 41.5 Å². The molecule has 10 nitrogen and oxygen atoms in total. The highest BCUT2D eigenvalue weighted by Gasteiger charge is 2.36. The summed E-state index contributed by atoms with van der Waals surface area (Å²) >= 11 is 0. The molecule has 11 heteroatoms. The summed E-state index contributed by atoms with van der Waals surface area (Å²) in [6, 6.07) is 0. The van der Waals surface area contributed by atoms with E-state index in [-0.39, 0.29) is 0 Å². The van der Waals surface area contributed by atoms with E-state index in [2.05, 4.69) is 0 Å². The first-order chi connectivity index (χ1) is 12.0. The Morgan fingerprint density at radius 2 is 0.731 bits per heavy atom. The van der Waals surface area contributed by atoms with Crippen molar-refractivity contribution in [1.29, 1.82) is 0 Å². The van der Waals surface area contributed by atoms with Crippen molar-refractivity contribution in [1.82, 2.24) is 0 Å². The summed E-state index contributed by atoms with van der Waals surface area (Å²) in [5.74, 6) is 0. The van der Waals surface area contributed by atoms with Crippen LogP contribution in [0.3, 0.4) is 0 Å². The number of ether oxygens (including phenoxy) is 6. The standard InChI is InChI=1S/C15H33O10P/c1-10(17-7)20-13(4)23-26(16,24-14(5)21-11(2)18-8)25-15(6)22-12(3)19-9/h10-15H,1-9H3. The third-order valence-corrected chi connectivity index (χ3v) is 4.64. The van der Waals surface area contributed by atoms with Crippen LogP contribution in [-0.4, -0.2) is 59.1 Å². The Morgan fingerprint density at radius 1 is 0.500 bits per heavy atom. The SMILES string of the molecule is COC(C)OC(C)OP(=O)(OC(C)OC(C)OC)OC(C)OC(C)OC. The molecule has 0 saturated heterocycles. The van der Waals surface area contributed by atoms with Crippen LogP contribution in [-0.2, 0) is 46.6 Å². The lowest BCUT2D eigenvalue weighted by molar-refractivity contribution is -0.233. The largest absolute Gasteiger partial charge is 0.481 e. The molecule has 0 amide bonds. The van der Waals surface area contributed by atoms with Gasteiger partial charge in [0, 0.05) is 21.3 Å². The van der Waals surface area contributed by atoms with E-state index in [1.165, 1.54) is 42.1 Å². The number of hydrogen-bond acceptors (Lipinski definition) is 10. The normalized spacial score (nSPS) is 21.4. The number of hydrogen-bond donors (Lipinski definition) is 0. The van der Waals surface area contributed by atoms with Gasteiger partial charge in [-0.3, -0.25) is 13.6 Å². The van der Waals surface area contributed by atoms with Crippen molar-refractivity contribution in [3.8, 4) is 0 Å². The van der Waals surface area contributed by atoms with E-state index in [1.54, 1.807) is 20.8 Å². The third-order valence-electron chi connectivity index (χ3n) is 2.98. The second-order valence-corrected chi connectivity index (χ2v) is 6.81. The van der Waals surface area contributed by atoms with Crippen molar-refractivity contribution < 1.29 is 46.6 Å². The average Bonchev–Trinajstić information content (AvgIpc) is 2.52. The van der Waals surface area contributed by atoms with Crippen LogP contribution < -0.4 is 0 Å². The molecule has 0 rings (SSSR count). The summed E-state index contributed by atoms with van der Waals surface area (Å²) in [5.41, 5.74) is 0. The molecule has 0 aromatic heterocycles. The van der Waals surface area contributed by atoms with Gasteiger partial charge in [-0.05, 0) is 41.5 Å². The lowest BCUT2D eigenvalue weighted by Crippen LogP contribution is -2.27. The van der Waals surface area contributed by atoms with Crippen LogP contribution in [0.4, 0.5) is 0 Å². The Bertz CT molecular complexity index is 353. The minimum atomic E-state index is -4.13. The third kappa shape index (κ3) is 11.6. The first-order valence-corrected chi connectivity index (χ1v) is 9.71. The van der Waals surface area contributed by atoms with Crippen molar-refractivity contribution >= 4 is 7.82 Å². The van der Waals surface area contributed by atoms with Gasteiger partial charge in [0.25, 0.3) is 0 Å². The zero-order valence-corrected chi connectivity index (χ0v) is 17.9. The Balaban J connectivity index is 5.02. The van der Waals surface area contributed by atoms with Gasteiger partial charge in [-0.2, -0.15) is 0 Å². The fourth-order valence-corrected chi connectivity index (χ4v) is 3.06. The molecular weight excluding hydrogens is 371 g/mol. The molecular formula is C15H33O10P. The maximum Gasteiger partial charge on any atom is 0.481 e. The molecule has 0 aliphatic heterocycles. The van der Waals surface area contributed by atoms with Crippen LogP contribution >= 0.6 is 7.82 Å². The molecule has 6 unspecified atom stereocenters. The molecule has 0 aliphatic rings. The highest BCUT2D eigenvalue weighted by Crippen LogP contribution is 2.53. The predicted octanol–water partition coefficient (Wildman–Crippen LogP) is 3.21. The van der Waals surface area contributed by atoms with Gasteiger partial charge in [-0.1, -0.05) is 0 Å². The first kappa shape index (κ1) is 25.9. The number of methoxy groups -OCH3 is 3. The molecule has 6 atom stereocenters. The summed E-state index contributed by atoms with van der Waals surface area (Å²) < 4.78 is 60.1. The Kier molecular flexibility index (Phi) is 13.0. The van der Waals surface area contributed by atoms with Gasteiger partial charge in [0.2, 0.25) is 0 Å². The first-order valence-electron chi connectivity index (χ1n) is 8.25. The summed E-state index contributed by atoms with van der Waals surface area (Å²) in [5, 5.41) is 0. The van der Waals surface area contributed by atoms with Crippen molar-refractivity contribution in [3.63, 3.8) is 0 Å². The molecule has 0 spiro atoms. The van der Waals surface area contributed by atoms with Crippen molar-refractivity contribution in [2.24, 2.45) is 0 Å². The van der Waals surface area contributed by atoms with E-state index >= 15 is 0 Å². The highest BCUT2D eigenvalue weighted by atomic mass is 31.2. The van der Waals surface area contributed by atoms with E-state index in [4.69, 9.17) is 42.0 Å². The quantitative estimate of drug-likeness (QED) is 0.299. The topological polar surface area (TPSA) is 100 Å². The molecule has 26 heavy (non-hydrogen) atoms. The fourth-order valence-electron chi connectivity index (χ4n) is 1.67. The molecule has 158 valence electrons. The molecule has 0 aromatic rings. The zero-order chi connectivity index (χ0) is 20.3. The van der Waals surface area contributed by atoms with E-state index in [9.17, 15) is 4.57 Å². The second-order valence-electron chi connectivity index (χ2n) is 5.28. The minimum absolute atomic E-state index is 0.581. The van der Waals surface area contributed by atoms with Gasteiger partial charge in [0.05, 0.1) is 0 Å². The molecule has 0 radical (unpaired) electrons. The number of phosphoric ester groups is 1. The Labute approximate surface area is 155 Å². The molecule has 0 aliphatic carbocycles. The zero-order valence-electron chi connectivity index (χ0n) is 17.0. The number of rotatable bonds is 15. The Hall–Kier alpha value is -0.130. The monoisotopic (exact) mass is 404 g/mol. The minimum Gasteiger partial charge on any atom is -0.356 e. The van der Waals surface area contributed by atoms with Crippen molar-refractivity contribution in [2.75, 3.05) is 21.3 Å². The highest BCUT2D eigenvalue weighted by molar-refractivity contribution is 7.48. The summed E-state index contributed by atoms with van der Waals surface area (Å²) in [4.78, 5) is 0. The average molecular weight is 404 g/mol. The second kappa shape index (κ2) is 13.1. The van der Waals surface area contributed by atoms with Crippen LogP contribution in [0.5, 0.6) is 0 Å². The Morgan fingerprint density at radius 3 is 0.923 bits per heavy atom. The maximum absolute atomic E-state index is 13.0. The maximum atomic E-state index is 13.0. The molecule has 0 heterocycles. The lowest BCUT2D eigenvalue weighted by Gasteiger charge is -2.28. The molecule has 0 fully saturated rings. The van der Waals surface area contributed by atoms with Crippen LogP contribution in [0.2, 0.25) is 0 Å². The van der Waals surface area contributed by atoms with Gasteiger partial charge in [0.15, 0.2) is 37.7 Å². The summed E-state index contributed by atoms with van der Waals surface area (Å²) in [6.45, 7) is 9.56. The van der Waals surface area contributed by atoms with Crippen LogP contribution in [0.25, 0.3) is 0 Å². The predicted molar refractivity (Wildman–Crippen MR) is 91.9 cm³/mol. The molecule has 0 saturated carbocycles. The molecule has 0 N–H and O–H groups in total. The molecule has 0 bridgehead atoms. The van der Waals surface area contributed by atoms with Crippen molar-refractivity contribution in [3.05, 3.63) is 0 Å². The summed E-state index contributed by atoms with van der Waals surface area (Å²) in [6.07, 6.45) is -4.59. The van der Waals surface area contributed by atoms with E-state index in [0.29, 0.717) is 0 Å². The van der Waals surface area contributed by atoms with E-state index in [1.807, 2.05) is 0 Å². The van der Waals surface area contributed by atoms with Gasteiger partial charge in [-0.25, -0.2) is 4.57 Å². The van der Waals surface area contributed by atoms with Gasteiger partial charge in [-0.15, -0.1) is 0 Å².